The highest BCUT2D eigenvalue weighted by Crippen LogP contribution is 2.18. The summed E-state index contributed by atoms with van der Waals surface area (Å²) in [5, 5.41) is 0. The van der Waals surface area contributed by atoms with Crippen LogP contribution in [-0.2, 0) is 9.84 Å². The molecule has 0 spiro atoms. The fourth-order valence-corrected chi connectivity index (χ4v) is 2.68. The molecule has 0 aliphatic rings. The van der Waals surface area contributed by atoms with Gasteiger partial charge in [-0.1, -0.05) is 29.8 Å². The lowest BCUT2D eigenvalue weighted by Crippen LogP contribution is -2.02. The summed E-state index contributed by atoms with van der Waals surface area (Å²) in [4.78, 5) is 0.234. The fraction of sp³-hybridized carbons (Fsp3) is 0.0714. The maximum Gasteiger partial charge on any atom is 0.187 e. The summed E-state index contributed by atoms with van der Waals surface area (Å²) in [6.07, 6.45) is 0. The van der Waals surface area contributed by atoms with Crippen molar-refractivity contribution in [2.24, 2.45) is 0 Å². The lowest BCUT2D eigenvalue weighted by Gasteiger charge is -2.04. The number of hydrogen-bond donors (Lipinski definition) is 0. The molecule has 0 N–H and O–H groups in total. The summed E-state index contributed by atoms with van der Waals surface area (Å²) < 4.78 is 36.8. The van der Waals surface area contributed by atoms with Crippen LogP contribution < -0.4 is 0 Å². The monoisotopic (exact) mass is 263 g/mol. The van der Waals surface area contributed by atoms with Gasteiger partial charge in [-0.3, -0.25) is 0 Å². The molecule has 0 aromatic heterocycles. The zero-order valence-electron chi connectivity index (χ0n) is 9.80. The molecule has 2 aromatic rings. The second kappa shape index (κ2) is 4.90. The Morgan fingerprint density at radius 2 is 1.50 bits per heavy atom. The van der Waals surface area contributed by atoms with E-state index < -0.39 is 9.84 Å². The van der Waals surface area contributed by atoms with Crippen molar-refractivity contribution in [1.82, 2.24) is 0 Å². The van der Waals surface area contributed by atoms with Crippen LogP contribution in [0.2, 0.25) is 0 Å². The third-order valence-electron chi connectivity index (χ3n) is 2.51. The van der Waals surface area contributed by atoms with Crippen molar-refractivity contribution in [1.29, 1.82) is 0 Å². The van der Waals surface area contributed by atoms with Gasteiger partial charge in [0.25, 0.3) is 0 Å². The first-order chi connectivity index (χ1) is 8.47. The molecule has 0 amide bonds. The van der Waals surface area contributed by atoms with Crippen LogP contribution in [0.5, 0.6) is 0 Å². The predicted molar refractivity (Wildman–Crippen MR) is 68.2 cm³/mol. The first-order valence-electron chi connectivity index (χ1n) is 5.39. The van der Waals surface area contributed by atoms with Gasteiger partial charge >= 0.3 is 0 Å². The summed E-state index contributed by atoms with van der Waals surface area (Å²) in [6.45, 7) is 1.89. The summed E-state index contributed by atoms with van der Waals surface area (Å²) >= 11 is 0. The molecule has 93 valence electrons. The SMILES string of the molecule is Cc1ccc(S(=O)(=O)[CH]c2ccc(F)cc2)cc1. The van der Waals surface area contributed by atoms with Crippen molar-refractivity contribution in [3.8, 4) is 0 Å². The van der Waals surface area contributed by atoms with E-state index in [1.54, 1.807) is 24.3 Å². The molecule has 0 saturated carbocycles. The van der Waals surface area contributed by atoms with Gasteiger partial charge in [0.05, 0.1) is 4.90 Å². The van der Waals surface area contributed by atoms with E-state index in [2.05, 4.69) is 0 Å². The molecule has 0 atom stereocenters. The van der Waals surface area contributed by atoms with E-state index in [9.17, 15) is 12.8 Å². The number of halogens is 1. The van der Waals surface area contributed by atoms with Crippen molar-refractivity contribution in [3.63, 3.8) is 0 Å². The Hall–Kier alpha value is -1.68. The Morgan fingerprint density at radius 3 is 2.06 bits per heavy atom. The van der Waals surface area contributed by atoms with Crippen molar-refractivity contribution < 1.29 is 12.8 Å². The maximum atomic E-state index is 12.7. The van der Waals surface area contributed by atoms with Crippen LogP contribution in [0, 0.1) is 18.5 Å². The van der Waals surface area contributed by atoms with Crippen molar-refractivity contribution >= 4 is 9.84 Å². The highest BCUT2D eigenvalue weighted by Gasteiger charge is 2.15. The summed E-state index contributed by atoms with van der Waals surface area (Å²) in [6, 6.07) is 11.9. The van der Waals surface area contributed by atoms with Crippen LogP contribution in [-0.4, -0.2) is 8.42 Å². The second-order valence-electron chi connectivity index (χ2n) is 4.03. The molecule has 4 heteroatoms. The van der Waals surface area contributed by atoms with Gasteiger partial charge in [-0.25, -0.2) is 12.8 Å². The third kappa shape index (κ3) is 2.96. The van der Waals surface area contributed by atoms with Crippen LogP contribution in [0.3, 0.4) is 0 Å². The molecule has 2 aromatic carbocycles. The van der Waals surface area contributed by atoms with Gasteiger partial charge in [-0.15, -0.1) is 0 Å². The molecule has 2 rings (SSSR count). The van der Waals surface area contributed by atoms with Crippen LogP contribution in [0.4, 0.5) is 4.39 Å². The van der Waals surface area contributed by atoms with E-state index >= 15 is 0 Å². The fourth-order valence-electron chi connectivity index (χ4n) is 1.52. The lowest BCUT2D eigenvalue weighted by atomic mass is 10.2. The number of rotatable bonds is 3. The molecule has 0 heterocycles. The Kier molecular flexibility index (Phi) is 3.48. The van der Waals surface area contributed by atoms with E-state index in [-0.39, 0.29) is 10.7 Å². The zero-order valence-corrected chi connectivity index (χ0v) is 10.6. The summed E-state index contributed by atoms with van der Waals surface area (Å²) in [5.74, 6) is 0.747. The predicted octanol–water partition coefficient (Wildman–Crippen LogP) is 3.12. The van der Waals surface area contributed by atoms with Crippen molar-refractivity contribution in [2.45, 2.75) is 11.8 Å². The van der Waals surface area contributed by atoms with Gasteiger partial charge in [0.1, 0.15) is 11.6 Å². The molecule has 0 aliphatic heterocycles. The molecular formula is C14H12FO2S. The molecule has 1 radical (unpaired) electrons. The third-order valence-corrected chi connectivity index (χ3v) is 4.02. The zero-order chi connectivity index (χ0) is 13.2. The van der Waals surface area contributed by atoms with E-state index in [0.29, 0.717) is 5.56 Å². The van der Waals surface area contributed by atoms with Crippen LogP contribution in [0.1, 0.15) is 11.1 Å². The maximum absolute atomic E-state index is 12.7. The quantitative estimate of drug-likeness (QED) is 0.852. The van der Waals surface area contributed by atoms with Gasteiger partial charge in [0.2, 0.25) is 0 Å². The molecule has 0 saturated heterocycles. The number of benzene rings is 2. The van der Waals surface area contributed by atoms with E-state index in [4.69, 9.17) is 0 Å². The topological polar surface area (TPSA) is 34.1 Å². The van der Waals surface area contributed by atoms with E-state index in [1.807, 2.05) is 6.92 Å². The molecule has 0 fully saturated rings. The molecule has 18 heavy (non-hydrogen) atoms. The minimum Gasteiger partial charge on any atom is -0.223 e. The number of sulfone groups is 1. The lowest BCUT2D eigenvalue weighted by molar-refractivity contribution is 0.602. The second-order valence-corrected chi connectivity index (χ2v) is 5.82. The Bertz CT molecular complexity index is 628. The van der Waals surface area contributed by atoms with E-state index in [0.717, 1.165) is 11.3 Å². The first-order valence-corrected chi connectivity index (χ1v) is 6.94. The van der Waals surface area contributed by atoms with Gasteiger partial charge in [-0.05, 0) is 36.8 Å². The average Bonchev–Trinajstić information content (AvgIpc) is 2.32. The minimum atomic E-state index is -3.49. The Morgan fingerprint density at radius 1 is 0.944 bits per heavy atom. The summed E-state index contributed by atoms with van der Waals surface area (Å²) in [7, 11) is -3.49. The van der Waals surface area contributed by atoms with Crippen LogP contribution in [0.15, 0.2) is 53.4 Å². The Labute approximate surface area is 106 Å². The largest absolute Gasteiger partial charge is 0.223 e. The van der Waals surface area contributed by atoms with Gasteiger partial charge in [-0.2, -0.15) is 0 Å². The Balaban J connectivity index is 2.27. The summed E-state index contributed by atoms with van der Waals surface area (Å²) in [5.41, 5.74) is 1.45. The average molecular weight is 263 g/mol. The molecular weight excluding hydrogens is 251 g/mol. The van der Waals surface area contributed by atoms with Crippen molar-refractivity contribution in [3.05, 3.63) is 71.2 Å². The highest BCUT2D eigenvalue weighted by molar-refractivity contribution is 7.93. The number of hydrogen-bond acceptors (Lipinski definition) is 2. The first kappa shape index (κ1) is 12.8. The normalized spacial score (nSPS) is 11.4. The van der Waals surface area contributed by atoms with E-state index in [1.165, 1.54) is 24.3 Å². The standard InChI is InChI=1S/C14H12FO2S/c1-11-2-8-14(9-3-11)18(16,17)10-12-4-6-13(15)7-5-12/h2-10H,1H3. The highest BCUT2D eigenvalue weighted by atomic mass is 32.2. The number of aryl methyl sites for hydroxylation is 1. The van der Waals surface area contributed by atoms with Gasteiger partial charge < -0.3 is 0 Å². The molecule has 0 bridgehead atoms. The molecule has 2 nitrogen and oxygen atoms in total. The smallest absolute Gasteiger partial charge is 0.187 e. The van der Waals surface area contributed by atoms with Gasteiger partial charge in [0.15, 0.2) is 9.84 Å². The molecule has 0 aliphatic carbocycles. The van der Waals surface area contributed by atoms with Crippen LogP contribution >= 0.6 is 0 Å². The van der Waals surface area contributed by atoms with Crippen molar-refractivity contribution in [2.75, 3.05) is 0 Å². The van der Waals surface area contributed by atoms with Gasteiger partial charge in [0, 0.05) is 0 Å². The van der Waals surface area contributed by atoms with Crippen LogP contribution in [0.25, 0.3) is 0 Å². The molecule has 0 unspecified atom stereocenters. The minimum absolute atomic E-state index is 0.234.